The summed E-state index contributed by atoms with van der Waals surface area (Å²) in [5.41, 5.74) is 2.34. The van der Waals surface area contributed by atoms with E-state index in [4.69, 9.17) is 0 Å². The zero-order chi connectivity index (χ0) is 11.5. The lowest BCUT2D eigenvalue weighted by atomic mass is 10.3. The van der Waals surface area contributed by atoms with Crippen LogP contribution >= 0.6 is 11.3 Å². The molecular weight excluding hydrogens is 225 g/mol. The standard InChI is InChI=1S/C11H14FN3S/c1-8-5-14-15(2)10(8)7-13-6-9-3-4-11(12)16-9/h3-5,13H,6-7H2,1-2H3. The molecule has 0 atom stereocenters. The summed E-state index contributed by atoms with van der Waals surface area (Å²) >= 11 is 1.18. The first-order valence-corrected chi connectivity index (χ1v) is 5.91. The van der Waals surface area contributed by atoms with Gasteiger partial charge in [-0.3, -0.25) is 4.68 Å². The molecule has 86 valence electrons. The number of hydrogen-bond donors (Lipinski definition) is 1. The first-order chi connectivity index (χ1) is 7.66. The fourth-order valence-electron chi connectivity index (χ4n) is 1.58. The third kappa shape index (κ3) is 2.48. The van der Waals surface area contributed by atoms with E-state index >= 15 is 0 Å². The summed E-state index contributed by atoms with van der Waals surface area (Å²) in [6.45, 7) is 3.48. The van der Waals surface area contributed by atoms with Gasteiger partial charge in [-0.1, -0.05) is 0 Å². The van der Waals surface area contributed by atoms with Crippen LogP contribution in [0.3, 0.4) is 0 Å². The summed E-state index contributed by atoms with van der Waals surface area (Å²) in [7, 11) is 1.93. The molecule has 0 aliphatic rings. The van der Waals surface area contributed by atoms with Gasteiger partial charge in [-0.05, 0) is 24.6 Å². The van der Waals surface area contributed by atoms with E-state index in [1.165, 1.54) is 23.0 Å². The molecule has 0 aromatic carbocycles. The lowest BCUT2D eigenvalue weighted by Crippen LogP contribution is -2.15. The van der Waals surface area contributed by atoms with Gasteiger partial charge in [0, 0.05) is 25.0 Å². The number of nitrogens with one attached hydrogen (secondary N) is 1. The molecule has 0 fully saturated rings. The summed E-state index contributed by atoms with van der Waals surface area (Å²) in [6.07, 6.45) is 1.85. The Morgan fingerprint density at radius 2 is 2.25 bits per heavy atom. The molecule has 0 spiro atoms. The van der Waals surface area contributed by atoms with E-state index in [9.17, 15) is 4.39 Å². The Balaban J connectivity index is 1.89. The van der Waals surface area contributed by atoms with Gasteiger partial charge < -0.3 is 5.32 Å². The predicted octanol–water partition coefficient (Wildman–Crippen LogP) is 2.22. The molecule has 0 unspecified atom stereocenters. The van der Waals surface area contributed by atoms with Gasteiger partial charge in [0.15, 0.2) is 5.13 Å². The van der Waals surface area contributed by atoms with Gasteiger partial charge in [0.1, 0.15) is 0 Å². The number of halogens is 1. The molecule has 0 bridgehead atoms. The highest BCUT2D eigenvalue weighted by molar-refractivity contribution is 7.10. The largest absolute Gasteiger partial charge is 0.306 e. The van der Waals surface area contributed by atoms with Crippen LogP contribution in [-0.4, -0.2) is 9.78 Å². The van der Waals surface area contributed by atoms with Crippen molar-refractivity contribution in [2.75, 3.05) is 0 Å². The number of thiophene rings is 1. The highest BCUT2D eigenvalue weighted by atomic mass is 32.1. The highest BCUT2D eigenvalue weighted by Crippen LogP contribution is 2.14. The van der Waals surface area contributed by atoms with Crippen molar-refractivity contribution >= 4 is 11.3 Å². The molecular formula is C11H14FN3S. The molecule has 1 N–H and O–H groups in total. The summed E-state index contributed by atoms with van der Waals surface area (Å²) < 4.78 is 14.6. The fourth-order valence-corrected chi connectivity index (χ4v) is 2.27. The van der Waals surface area contributed by atoms with Crippen LogP contribution in [0, 0.1) is 12.1 Å². The topological polar surface area (TPSA) is 29.9 Å². The van der Waals surface area contributed by atoms with Gasteiger partial charge in [-0.15, -0.1) is 11.3 Å². The lowest BCUT2D eigenvalue weighted by Gasteiger charge is -2.05. The van der Waals surface area contributed by atoms with E-state index < -0.39 is 0 Å². The number of hydrogen-bond acceptors (Lipinski definition) is 3. The third-order valence-electron chi connectivity index (χ3n) is 2.49. The number of aromatic nitrogens is 2. The van der Waals surface area contributed by atoms with E-state index in [0.29, 0.717) is 6.54 Å². The maximum atomic E-state index is 12.7. The molecule has 0 radical (unpaired) electrons. The fraction of sp³-hybridized carbons (Fsp3) is 0.364. The molecule has 16 heavy (non-hydrogen) atoms. The molecule has 2 rings (SSSR count). The molecule has 0 aliphatic carbocycles. The van der Waals surface area contributed by atoms with Crippen molar-refractivity contribution in [2.45, 2.75) is 20.0 Å². The normalized spacial score (nSPS) is 10.9. The van der Waals surface area contributed by atoms with Crippen LogP contribution < -0.4 is 5.32 Å². The van der Waals surface area contributed by atoms with E-state index in [2.05, 4.69) is 10.4 Å². The number of aryl methyl sites for hydroxylation is 2. The summed E-state index contributed by atoms with van der Waals surface area (Å²) in [5, 5.41) is 7.32. The minimum atomic E-state index is -0.131. The maximum absolute atomic E-state index is 12.7. The molecule has 0 aliphatic heterocycles. The number of rotatable bonds is 4. The van der Waals surface area contributed by atoms with Gasteiger partial charge >= 0.3 is 0 Å². The molecule has 2 heterocycles. The van der Waals surface area contributed by atoms with Crippen LogP contribution in [-0.2, 0) is 20.1 Å². The first kappa shape index (κ1) is 11.3. The predicted molar refractivity (Wildman–Crippen MR) is 62.8 cm³/mol. The van der Waals surface area contributed by atoms with E-state index in [-0.39, 0.29) is 5.13 Å². The van der Waals surface area contributed by atoms with Crippen LogP contribution in [0.25, 0.3) is 0 Å². The highest BCUT2D eigenvalue weighted by Gasteiger charge is 2.04. The molecule has 5 heteroatoms. The van der Waals surface area contributed by atoms with Crippen molar-refractivity contribution in [1.29, 1.82) is 0 Å². The third-order valence-corrected chi connectivity index (χ3v) is 3.36. The minimum absolute atomic E-state index is 0.131. The van der Waals surface area contributed by atoms with Crippen LogP contribution in [0.1, 0.15) is 16.1 Å². The Bertz CT molecular complexity index is 456. The van der Waals surface area contributed by atoms with Crippen molar-refractivity contribution in [3.8, 4) is 0 Å². The van der Waals surface area contributed by atoms with Crippen molar-refractivity contribution in [3.05, 3.63) is 39.6 Å². The van der Waals surface area contributed by atoms with Gasteiger partial charge in [-0.25, -0.2) is 0 Å². The van der Waals surface area contributed by atoms with Gasteiger partial charge in [0.2, 0.25) is 0 Å². The Hall–Kier alpha value is -1.20. The van der Waals surface area contributed by atoms with Crippen molar-refractivity contribution in [3.63, 3.8) is 0 Å². The van der Waals surface area contributed by atoms with Gasteiger partial charge in [-0.2, -0.15) is 9.49 Å². The minimum Gasteiger partial charge on any atom is -0.306 e. The summed E-state index contributed by atoms with van der Waals surface area (Å²) in [5.74, 6) is 0. The Morgan fingerprint density at radius 1 is 1.44 bits per heavy atom. The zero-order valence-corrected chi connectivity index (χ0v) is 10.1. The van der Waals surface area contributed by atoms with Crippen LogP contribution in [0.5, 0.6) is 0 Å². The molecule has 3 nitrogen and oxygen atoms in total. The van der Waals surface area contributed by atoms with Gasteiger partial charge in [0.25, 0.3) is 0 Å². The van der Waals surface area contributed by atoms with Crippen molar-refractivity contribution < 1.29 is 4.39 Å². The van der Waals surface area contributed by atoms with Crippen LogP contribution in [0.2, 0.25) is 0 Å². The Kier molecular flexibility index (Phi) is 3.36. The smallest absolute Gasteiger partial charge is 0.176 e. The quantitative estimate of drug-likeness (QED) is 0.886. The maximum Gasteiger partial charge on any atom is 0.176 e. The monoisotopic (exact) mass is 239 g/mol. The summed E-state index contributed by atoms with van der Waals surface area (Å²) in [6, 6.07) is 3.31. The average Bonchev–Trinajstić information content (AvgIpc) is 2.78. The number of nitrogens with zero attached hydrogens (tertiary/aromatic N) is 2. The molecule has 0 saturated heterocycles. The second kappa shape index (κ2) is 4.76. The van der Waals surface area contributed by atoms with Gasteiger partial charge in [0.05, 0.1) is 11.9 Å². The van der Waals surface area contributed by atoms with E-state index in [1.807, 2.05) is 30.9 Å². The molecule has 0 saturated carbocycles. The zero-order valence-electron chi connectivity index (χ0n) is 9.33. The molecule has 2 aromatic heterocycles. The lowest BCUT2D eigenvalue weighted by molar-refractivity contribution is 0.627. The van der Waals surface area contributed by atoms with Crippen molar-refractivity contribution in [2.24, 2.45) is 7.05 Å². The second-order valence-electron chi connectivity index (χ2n) is 3.71. The van der Waals surface area contributed by atoms with E-state index in [0.717, 1.165) is 17.1 Å². The van der Waals surface area contributed by atoms with Crippen LogP contribution in [0.15, 0.2) is 18.3 Å². The van der Waals surface area contributed by atoms with Crippen LogP contribution in [0.4, 0.5) is 4.39 Å². The Morgan fingerprint density at radius 3 is 2.81 bits per heavy atom. The van der Waals surface area contributed by atoms with E-state index in [1.54, 1.807) is 0 Å². The average molecular weight is 239 g/mol. The summed E-state index contributed by atoms with van der Waals surface area (Å²) in [4.78, 5) is 1.01. The molecule has 0 amide bonds. The first-order valence-electron chi connectivity index (χ1n) is 5.09. The SMILES string of the molecule is Cc1cnn(C)c1CNCc1ccc(F)s1. The molecule has 2 aromatic rings. The second-order valence-corrected chi connectivity index (χ2v) is 4.83. The Labute approximate surface area is 97.9 Å². The van der Waals surface area contributed by atoms with Crippen molar-refractivity contribution in [1.82, 2.24) is 15.1 Å².